The average Bonchev–Trinajstić information content (AvgIpc) is 2.95. The second kappa shape index (κ2) is 7.52. The summed E-state index contributed by atoms with van der Waals surface area (Å²) >= 11 is 0. The molecule has 0 atom stereocenters. The molecule has 0 aliphatic carbocycles. The molecule has 0 spiro atoms. The van der Waals surface area contributed by atoms with Gasteiger partial charge in [0, 0.05) is 25.7 Å². The van der Waals surface area contributed by atoms with Gasteiger partial charge in [-0.3, -0.25) is 0 Å². The first-order valence-electron chi connectivity index (χ1n) is 8.27. The molecule has 1 fully saturated rings. The van der Waals surface area contributed by atoms with Crippen LogP contribution in [0.2, 0.25) is 0 Å². The number of carbonyl (C=O) groups is 1. The number of aryl methyl sites for hydroxylation is 2. The van der Waals surface area contributed by atoms with Crippen molar-refractivity contribution in [3.63, 3.8) is 0 Å². The first kappa shape index (κ1) is 17.2. The minimum atomic E-state index is -0.207. The third-order valence-corrected chi connectivity index (χ3v) is 4.26. The predicted molar refractivity (Wildman–Crippen MR) is 93.7 cm³/mol. The molecule has 2 amide bonds. The quantitative estimate of drug-likeness (QED) is 0.914. The third-order valence-electron chi connectivity index (χ3n) is 4.26. The van der Waals surface area contributed by atoms with Crippen molar-refractivity contribution in [2.45, 2.75) is 20.4 Å². The maximum Gasteiger partial charge on any atom is 0.321 e. The van der Waals surface area contributed by atoms with Crippen molar-refractivity contribution in [2.75, 3.05) is 43.6 Å². The second-order valence-electron chi connectivity index (χ2n) is 6.09. The van der Waals surface area contributed by atoms with E-state index in [4.69, 9.17) is 9.26 Å². The van der Waals surface area contributed by atoms with Crippen molar-refractivity contribution in [3.05, 3.63) is 35.3 Å². The Hall–Kier alpha value is -2.61. The Morgan fingerprint density at radius 2 is 2.08 bits per heavy atom. The fraction of sp³-hybridized carbons (Fsp3) is 0.471. The lowest BCUT2D eigenvalue weighted by atomic mass is 10.2. The Kier molecular flexibility index (Phi) is 5.18. The van der Waals surface area contributed by atoms with Gasteiger partial charge in [-0.15, -0.1) is 0 Å². The molecule has 0 aromatic carbocycles. The lowest BCUT2D eigenvalue weighted by molar-refractivity contribution is 0.122. The minimum Gasteiger partial charge on any atom is -0.378 e. The molecule has 25 heavy (non-hydrogen) atoms. The molecule has 1 aliphatic heterocycles. The lowest BCUT2D eigenvalue weighted by Crippen LogP contribution is -2.36. The molecule has 134 valence electrons. The molecule has 8 nitrogen and oxygen atoms in total. The number of amides is 2. The number of aromatic nitrogens is 2. The summed E-state index contributed by atoms with van der Waals surface area (Å²) in [6, 6.07) is 3.57. The van der Waals surface area contributed by atoms with Gasteiger partial charge < -0.3 is 24.4 Å². The number of nitrogens with zero attached hydrogens (tertiary/aromatic N) is 4. The number of nitrogens with one attached hydrogen (secondary N) is 1. The number of hydrogen-bond donors (Lipinski definition) is 1. The number of morpholine rings is 1. The highest BCUT2D eigenvalue weighted by Crippen LogP contribution is 2.17. The van der Waals surface area contributed by atoms with Gasteiger partial charge in [-0.05, 0) is 26.0 Å². The highest BCUT2D eigenvalue weighted by molar-refractivity contribution is 5.89. The Bertz CT molecular complexity index is 703. The monoisotopic (exact) mass is 345 g/mol. The lowest BCUT2D eigenvalue weighted by Gasteiger charge is -2.27. The molecule has 0 radical (unpaired) electrons. The van der Waals surface area contributed by atoms with Crippen LogP contribution in [0.5, 0.6) is 0 Å². The Balaban J connectivity index is 1.58. The van der Waals surface area contributed by atoms with Gasteiger partial charge in [-0.1, -0.05) is 5.16 Å². The summed E-state index contributed by atoms with van der Waals surface area (Å²) < 4.78 is 10.5. The second-order valence-corrected chi connectivity index (χ2v) is 6.09. The van der Waals surface area contributed by atoms with E-state index in [0.29, 0.717) is 25.4 Å². The molecule has 0 saturated carbocycles. The summed E-state index contributed by atoms with van der Waals surface area (Å²) in [7, 11) is 1.73. The van der Waals surface area contributed by atoms with E-state index >= 15 is 0 Å². The normalized spacial score (nSPS) is 14.4. The fourth-order valence-electron chi connectivity index (χ4n) is 2.70. The van der Waals surface area contributed by atoms with Crippen LogP contribution in [0.25, 0.3) is 0 Å². The summed E-state index contributed by atoms with van der Waals surface area (Å²) in [4.78, 5) is 20.5. The Labute approximate surface area is 146 Å². The zero-order valence-electron chi connectivity index (χ0n) is 14.8. The molecule has 1 N–H and O–H groups in total. The summed E-state index contributed by atoms with van der Waals surface area (Å²) in [6.07, 6.45) is 1.67. The maximum absolute atomic E-state index is 12.4. The van der Waals surface area contributed by atoms with Gasteiger partial charge in [-0.25, -0.2) is 9.78 Å². The SMILES string of the molecule is Cc1noc(C)c1CN(C)C(=O)Nc1ccc(N2CCOCC2)nc1. The van der Waals surface area contributed by atoms with Crippen LogP contribution in [0.4, 0.5) is 16.3 Å². The molecule has 1 saturated heterocycles. The number of urea groups is 1. The van der Waals surface area contributed by atoms with E-state index < -0.39 is 0 Å². The van der Waals surface area contributed by atoms with Crippen molar-refractivity contribution in [1.82, 2.24) is 15.0 Å². The van der Waals surface area contributed by atoms with Gasteiger partial charge >= 0.3 is 6.03 Å². The molecule has 0 bridgehead atoms. The van der Waals surface area contributed by atoms with E-state index in [1.807, 2.05) is 26.0 Å². The van der Waals surface area contributed by atoms with Crippen molar-refractivity contribution >= 4 is 17.5 Å². The molecular formula is C17H23N5O3. The van der Waals surface area contributed by atoms with Gasteiger partial charge in [0.15, 0.2) is 0 Å². The van der Waals surface area contributed by atoms with Crippen LogP contribution in [0.1, 0.15) is 17.0 Å². The van der Waals surface area contributed by atoms with Crippen LogP contribution in [-0.2, 0) is 11.3 Å². The van der Waals surface area contributed by atoms with E-state index in [1.165, 1.54) is 0 Å². The summed E-state index contributed by atoms with van der Waals surface area (Å²) in [5.74, 6) is 1.62. The van der Waals surface area contributed by atoms with Crippen LogP contribution in [0.3, 0.4) is 0 Å². The number of hydrogen-bond acceptors (Lipinski definition) is 6. The molecular weight excluding hydrogens is 322 g/mol. The molecule has 3 heterocycles. The number of pyridine rings is 1. The van der Waals surface area contributed by atoms with E-state index in [2.05, 4.69) is 20.4 Å². The molecule has 1 aliphatic rings. The highest BCUT2D eigenvalue weighted by Gasteiger charge is 2.16. The van der Waals surface area contributed by atoms with Crippen LogP contribution in [0, 0.1) is 13.8 Å². The van der Waals surface area contributed by atoms with Crippen LogP contribution in [-0.4, -0.2) is 54.4 Å². The standard InChI is InChI=1S/C17H23N5O3/c1-12-15(13(2)25-20-12)11-21(3)17(23)19-14-4-5-16(18-10-14)22-6-8-24-9-7-22/h4-5,10H,6-9,11H2,1-3H3,(H,19,23). The van der Waals surface area contributed by atoms with Crippen molar-refractivity contribution in [2.24, 2.45) is 0 Å². The molecule has 2 aromatic heterocycles. The van der Waals surface area contributed by atoms with Gasteiger partial charge in [-0.2, -0.15) is 0 Å². The number of ether oxygens (including phenoxy) is 1. The summed E-state index contributed by atoms with van der Waals surface area (Å²) in [5, 5.41) is 6.76. The summed E-state index contributed by atoms with van der Waals surface area (Å²) in [6.45, 7) is 7.24. The number of carbonyl (C=O) groups excluding carboxylic acids is 1. The first-order chi connectivity index (χ1) is 12.0. The van der Waals surface area contributed by atoms with Gasteiger partial charge in [0.1, 0.15) is 11.6 Å². The van der Waals surface area contributed by atoms with Gasteiger partial charge in [0.25, 0.3) is 0 Å². The number of rotatable bonds is 4. The molecule has 2 aromatic rings. The average molecular weight is 345 g/mol. The molecule has 3 rings (SSSR count). The van der Waals surface area contributed by atoms with Crippen molar-refractivity contribution in [3.8, 4) is 0 Å². The van der Waals surface area contributed by atoms with Crippen molar-refractivity contribution < 1.29 is 14.1 Å². The van der Waals surface area contributed by atoms with E-state index in [0.717, 1.165) is 35.9 Å². The van der Waals surface area contributed by atoms with E-state index in [-0.39, 0.29) is 6.03 Å². The summed E-state index contributed by atoms with van der Waals surface area (Å²) in [5.41, 5.74) is 2.39. The van der Waals surface area contributed by atoms with Crippen molar-refractivity contribution in [1.29, 1.82) is 0 Å². The molecule has 8 heteroatoms. The number of anilines is 2. The van der Waals surface area contributed by atoms with Crippen LogP contribution < -0.4 is 10.2 Å². The van der Waals surface area contributed by atoms with Crippen LogP contribution >= 0.6 is 0 Å². The van der Waals surface area contributed by atoms with Crippen LogP contribution in [0.15, 0.2) is 22.9 Å². The van der Waals surface area contributed by atoms with Gasteiger partial charge in [0.05, 0.1) is 37.3 Å². The zero-order valence-corrected chi connectivity index (χ0v) is 14.8. The Morgan fingerprint density at radius 3 is 2.68 bits per heavy atom. The van der Waals surface area contributed by atoms with E-state index in [9.17, 15) is 4.79 Å². The highest BCUT2D eigenvalue weighted by atomic mass is 16.5. The molecule has 0 unspecified atom stereocenters. The van der Waals surface area contributed by atoms with Gasteiger partial charge in [0.2, 0.25) is 0 Å². The van der Waals surface area contributed by atoms with E-state index in [1.54, 1.807) is 18.1 Å². The zero-order chi connectivity index (χ0) is 17.8. The smallest absolute Gasteiger partial charge is 0.321 e. The topological polar surface area (TPSA) is 83.7 Å². The predicted octanol–water partition coefficient (Wildman–Crippen LogP) is 2.19. The largest absolute Gasteiger partial charge is 0.378 e. The third kappa shape index (κ3) is 4.08. The first-order valence-corrected chi connectivity index (χ1v) is 8.27. The minimum absolute atomic E-state index is 0.207. The fourth-order valence-corrected chi connectivity index (χ4v) is 2.70. The maximum atomic E-state index is 12.4. The Morgan fingerprint density at radius 1 is 1.32 bits per heavy atom.